The molecule has 7 nitrogen and oxygen atoms in total. The van der Waals surface area contributed by atoms with E-state index in [1.54, 1.807) is 7.11 Å². The van der Waals surface area contributed by atoms with Gasteiger partial charge in [0, 0.05) is 38.1 Å². The number of allylic oxidation sites excluding steroid dienone is 2. The zero-order chi connectivity index (χ0) is 21.4. The number of ether oxygens (including phenoxy) is 2. The summed E-state index contributed by atoms with van der Waals surface area (Å²) in [7, 11) is 1.61. The molecule has 2 aliphatic heterocycles. The molecule has 1 atom stereocenters. The Balaban J connectivity index is 1.39. The van der Waals surface area contributed by atoms with Gasteiger partial charge in [0.15, 0.2) is 5.13 Å². The first kappa shape index (κ1) is 20.7. The number of amides is 2. The van der Waals surface area contributed by atoms with Crippen LogP contribution in [0.1, 0.15) is 51.0 Å². The van der Waals surface area contributed by atoms with Crippen LogP contribution in [-0.2, 0) is 4.74 Å². The van der Waals surface area contributed by atoms with Crippen LogP contribution in [0, 0.1) is 11.3 Å². The fraction of sp³-hybridized carbons (Fsp3) is 0.609. The van der Waals surface area contributed by atoms with Crippen molar-refractivity contribution < 1.29 is 14.3 Å². The number of thiazole rings is 1. The van der Waals surface area contributed by atoms with Crippen molar-refractivity contribution in [1.29, 1.82) is 0 Å². The van der Waals surface area contributed by atoms with E-state index < -0.39 is 0 Å². The van der Waals surface area contributed by atoms with Gasteiger partial charge in [0.2, 0.25) is 5.88 Å². The predicted molar refractivity (Wildman–Crippen MR) is 123 cm³/mol. The van der Waals surface area contributed by atoms with Crippen LogP contribution in [0.3, 0.4) is 0 Å². The van der Waals surface area contributed by atoms with Crippen LogP contribution >= 0.6 is 11.3 Å². The van der Waals surface area contributed by atoms with Crippen molar-refractivity contribution in [3.8, 4) is 5.88 Å². The van der Waals surface area contributed by atoms with Crippen LogP contribution in [0.25, 0.3) is 15.8 Å². The number of aromatic nitrogens is 2. The maximum Gasteiger partial charge on any atom is 0.323 e. The molecule has 4 heterocycles. The van der Waals surface area contributed by atoms with E-state index in [2.05, 4.69) is 23.3 Å². The van der Waals surface area contributed by atoms with E-state index in [4.69, 9.17) is 14.5 Å². The van der Waals surface area contributed by atoms with Crippen LogP contribution in [0.5, 0.6) is 5.88 Å². The molecule has 0 radical (unpaired) electrons. The fourth-order valence-corrected chi connectivity index (χ4v) is 6.15. The molecular formula is C23H30N4O3S. The molecule has 2 aromatic rings. The van der Waals surface area contributed by atoms with Crippen molar-refractivity contribution in [3.63, 3.8) is 0 Å². The van der Waals surface area contributed by atoms with Crippen LogP contribution in [0.4, 0.5) is 9.93 Å². The number of nitrogens with one attached hydrogen (secondary N) is 1. The lowest BCUT2D eigenvalue weighted by Gasteiger charge is -2.33. The molecule has 2 fully saturated rings. The van der Waals surface area contributed by atoms with E-state index in [9.17, 15) is 4.79 Å². The van der Waals surface area contributed by atoms with Gasteiger partial charge in [0.25, 0.3) is 0 Å². The first-order chi connectivity index (χ1) is 15.1. The predicted octanol–water partition coefficient (Wildman–Crippen LogP) is 4.94. The molecule has 3 aliphatic rings. The highest BCUT2D eigenvalue weighted by molar-refractivity contribution is 7.22. The Hall–Kier alpha value is -2.19. The number of hydrogen-bond donors (Lipinski definition) is 1. The maximum atomic E-state index is 13.0. The number of methoxy groups -OCH3 is 1. The first-order valence-electron chi connectivity index (χ1n) is 11.3. The zero-order valence-electron chi connectivity index (χ0n) is 18.3. The SMILES string of the molecule is COc1ncc(C2=C[C@@H](C)CCC2)c2sc(NC(=O)N3CCC4(CCOCC4)C3)nc12. The fourth-order valence-electron chi connectivity index (χ4n) is 5.16. The number of fused-ring (bicyclic) bond motifs is 1. The number of hydrogen-bond acceptors (Lipinski definition) is 6. The molecule has 1 spiro atoms. The molecule has 5 rings (SSSR count). The van der Waals surface area contributed by atoms with Crippen LogP contribution in [-0.4, -0.2) is 54.3 Å². The molecule has 0 bridgehead atoms. The van der Waals surface area contributed by atoms with Crippen molar-refractivity contribution >= 4 is 38.3 Å². The number of carbonyl (C=O) groups excluding carboxylic acids is 1. The van der Waals surface area contributed by atoms with Gasteiger partial charge in [0.05, 0.1) is 11.8 Å². The van der Waals surface area contributed by atoms with Gasteiger partial charge in [-0.1, -0.05) is 24.3 Å². The lowest BCUT2D eigenvalue weighted by molar-refractivity contribution is 0.0211. The Bertz CT molecular complexity index is 1010. The van der Waals surface area contributed by atoms with Crippen molar-refractivity contribution in [3.05, 3.63) is 17.8 Å². The second-order valence-electron chi connectivity index (χ2n) is 9.15. The number of pyridine rings is 1. The van der Waals surface area contributed by atoms with Crippen molar-refractivity contribution in [2.75, 3.05) is 38.7 Å². The zero-order valence-corrected chi connectivity index (χ0v) is 19.1. The molecule has 1 aliphatic carbocycles. The van der Waals surface area contributed by atoms with Gasteiger partial charge in [-0.25, -0.2) is 14.8 Å². The average Bonchev–Trinajstić information content (AvgIpc) is 3.38. The summed E-state index contributed by atoms with van der Waals surface area (Å²) < 4.78 is 12.0. The highest BCUT2D eigenvalue weighted by Crippen LogP contribution is 2.41. The van der Waals surface area contributed by atoms with Crippen LogP contribution < -0.4 is 10.1 Å². The highest BCUT2D eigenvalue weighted by atomic mass is 32.1. The smallest absolute Gasteiger partial charge is 0.323 e. The minimum absolute atomic E-state index is 0.0681. The Morgan fingerprint density at radius 2 is 2.19 bits per heavy atom. The summed E-state index contributed by atoms with van der Waals surface area (Å²) in [4.78, 5) is 24.1. The third-order valence-electron chi connectivity index (χ3n) is 7.01. The Kier molecular flexibility index (Phi) is 5.60. The molecule has 2 aromatic heterocycles. The number of anilines is 1. The Morgan fingerprint density at radius 1 is 1.35 bits per heavy atom. The summed E-state index contributed by atoms with van der Waals surface area (Å²) in [5, 5.41) is 3.65. The van der Waals surface area contributed by atoms with Crippen LogP contribution in [0.2, 0.25) is 0 Å². The largest absolute Gasteiger partial charge is 0.479 e. The second kappa shape index (κ2) is 8.39. The number of nitrogens with zero attached hydrogens (tertiary/aromatic N) is 3. The summed E-state index contributed by atoms with van der Waals surface area (Å²) in [6.45, 7) is 5.45. The standard InChI is InChI=1S/C23H30N4O3S/c1-15-4-3-5-16(12-15)17-13-24-20(29-2)18-19(17)31-21(25-18)26-22(28)27-9-6-23(14-27)7-10-30-11-8-23/h12-13,15H,3-11,14H2,1-2H3,(H,25,26,28)/t15-/m0/s1. The van der Waals surface area contributed by atoms with Gasteiger partial charge in [0.1, 0.15) is 5.52 Å². The second-order valence-corrected chi connectivity index (χ2v) is 10.2. The van der Waals surface area contributed by atoms with E-state index >= 15 is 0 Å². The van der Waals surface area contributed by atoms with Crippen molar-refractivity contribution in [1.82, 2.24) is 14.9 Å². The van der Waals surface area contributed by atoms with E-state index in [0.29, 0.717) is 16.9 Å². The molecule has 31 heavy (non-hydrogen) atoms. The Labute approximate surface area is 186 Å². The summed E-state index contributed by atoms with van der Waals surface area (Å²) in [6, 6.07) is -0.0681. The third kappa shape index (κ3) is 4.03. The van der Waals surface area contributed by atoms with Gasteiger partial charge in [-0.3, -0.25) is 5.32 Å². The molecule has 0 aromatic carbocycles. The monoisotopic (exact) mass is 442 g/mol. The summed E-state index contributed by atoms with van der Waals surface area (Å²) in [5.41, 5.74) is 3.39. The molecule has 0 unspecified atom stereocenters. The third-order valence-corrected chi connectivity index (χ3v) is 8.01. The number of carbonyl (C=O) groups is 1. The Morgan fingerprint density at radius 3 is 2.97 bits per heavy atom. The van der Waals surface area contributed by atoms with Gasteiger partial charge >= 0.3 is 6.03 Å². The van der Waals surface area contributed by atoms with Gasteiger partial charge in [-0.2, -0.15) is 0 Å². The quantitative estimate of drug-likeness (QED) is 0.729. The van der Waals surface area contributed by atoms with Crippen molar-refractivity contribution in [2.45, 2.75) is 45.4 Å². The van der Waals surface area contributed by atoms with E-state index in [-0.39, 0.29) is 11.4 Å². The summed E-state index contributed by atoms with van der Waals surface area (Å²) >= 11 is 1.51. The molecule has 2 saturated heterocycles. The molecule has 1 N–H and O–H groups in total. The average molecular weight is 443 g/mol. The molecule has 0 saturated carbocycles. The number of urea groups is 1. The molecule has 2 amide bonds. The lowest BCUT2D eigenvalue weighted by Crippen LogP contribution is -2.37. The number of rotatable bonds is 3. The van der Waals surface area contributed by atoms with Gasteiger partial charge < -0.3 is 14.4 Å². The van der Waals surface area contributed by atoms with E-state index in [1.807, 2.05) is 11.1 Å². The topological polar surface area (TPSA) is 76.6 Å². The minimum Gasteiger partial charge on any atom is -0.479 e. The van der Waals surface area contributed by atoms with E-state index in [1.165, 1.54) is 29.8 Å². The molecule has 166 valence electrons. The van der Waals surface area contributed by atoms with Gasteiger partial charge in [-0.15, -0.1) is 0 Å². The van der Waals surface area contributed by atoms with Gasteiger partial charge in [-0.05, 0) is 55.4 Å². The molecular weight excluding hydrogens is 412 g/mol. The van der Waals surface area contributed by atoms with Crippen molar-refractivity contribution in [2.24, 2.45) is 11.3 Å². The number of likely N-dealkylation sites (tertiary alicyclic amines) is 1. The van der Waals surface area contributed by atoms with E-state index in [0.717, 1.165) is 67.8 Å². The normalized spacial score (nSPS) is 23.2. The minimum atomic E-state index is -0.0681. The summed E-state index contributed by atoms with van der Waals surface area (Å²) in [5.74, 6) is 1.07. The lowest BCUT2D eigenvalue weighted by atomic mass is 9.80. The maximum absolute atomic E-state index is 13.0. The first-order valence-corrected chi connectivity index (χ1v) is 12.1. The molecule has 8 heteroatoms. The summed E-state index contributed by atoms with van der Waals surface area (Å²) in [6.07, 6.45) is 10.8. The van der Waals surface area contributed by atoms with Crippen LogP contribution in [0.15, 0.2) is 12.3 Å². The highest BCUT2D eigenvalue weighted by Gasteiger charge is 2.41.